The van der Waals surface area contributed by atoms with Gasteiger partial charge in [0.05, 0.1) is 31.7 Å². The Morgan fingerprint density at radius 1 is 0.943 bits per heavy atom. The molecule has 2 N–H and O–H groups in total. The highest BCUT2D eigenvalue weighted by Gasteiger charge is 2.31. The molecule has 1 aliphatic carbocycles. The summed E-state index contributed by atoms with van der Waals surface area (Å²) in [5.41, 5.74) is 4.87. The average molecular weight is 489 g/mol. The van der Waals surface area contributed by atoms with E-state index in [9.17, 15) is 9.59 Å². The highest BCUT2D eigenvalue weighted by Crippen LogP contribution is 2.38. The van der Waals surface area contributed by atoms with Gasteiger partial charge in [-0.15, -0.1) is 11.3 Å². The topological polar surface area (TPSA) is 53.9 Å². The van der Waals surface area contributed by atoms with E-state index in [0.717, 1.165) is 74.5 Å². The normalized spacial score (nSPS) is 16.4. The van der Waals surface area contributed by atoms with E-state index in [0.29, 0.717) is 5.56 Å². The molecular weight excluding hydrogens is 454 g/mol. The fourth-order valence-corrected chi connectivity index (χ4v) is 6.58. The molecule has 2 aliphatic rings. The minimum Gasteiger partial charge on any atom is -0.328 e. The number of rotatable bonds is 5. The second kappa shape index (κ2) is 10.8. The first-order chi connectivity index (χ1) is 17.1. The molecule has 2 aromatic carbocycles. The minimum absolute atomic E-state index is 0.0863. The first-order valence-corrected chi connectivity index (χ1v) is 13.6. The van der Waals surface area contributed by atoms with Crippen molar-refractivity contribution in [1.29, 1.82) is 0 Å². The first-order valence-electron chi connectivity index (χ1n) is 12.8. The Balaban J connectivity index is 1.35. The molecule has 1 aromatic heterocycles. The van der Waals surface area contributed by atoms with Crippen molar-refractivity contribution in [2.75, 3.05) is 31.5 Å². The third-order valence-electron chi connectivity index (χ3n) is 7.31. The zero-order valence-electron chi connectivity index (χ0n) is 20.4. The van der Waals surface area contributed by atoms with Crippen LogP contribution in [0.2, 0.25) is 0 Å². The van der Waals surface area contributed by atoms with Crippen molar-refractivity contribution < 1.29 is 14.5 Å². The van der Waals surface area contributed by atoms with Crippen molar-refractivity contribution in [2.24, 2.45) is 0 Å². The molecule has 0 atom stereocenters. The molecule has 182 valence electrons. The van der Waals surface area contributed by atoms with Crippen LogP contribution in [0, 0.1) is 6.92 Å². The lowest BCUT2D eigenvalue weighted by molar-refractivity contribution is -0.917. The SMILES string of the molecule is Cc1ccccc1C(=O)Nc1sc2c(c1C(=O)N1CC[NH+](Cc3ccccc3)CC1)CCCCC2. The van der Waals surface area contributed by atoms with Crippen LogP contribution in [-0.2, 0) is 19.4 Å². The summed E-state index contributed by atoms with van der Waals surface area (Å²) in [5, 5.41) is 3.86. The molecule has 0 saturated carbocycles. The number of aryl methyl sites for hydroxylation is 2. The van der Waals surface area contributed by atoms with E-state index >= 15 is 0 Å². The molecule has 2 heterocycles. The number of carbonyl (C=O) groups is 2. The molecule has 0 unspecified atom stereocenters. The number of fused-ring (bicyclic) bond motifs is 1. The number of piperazine rings is 1. The van der Waals surface area contributed by atoms with Gasteiger partial charge in [0.15, 0.2) is 0 Å². The summed E-state index contributed by atoms with van der Waals surface area (Å²) in [5.74, 6) is -0.0473. The van der Waals surface area contributed by atoms with Gasteiger partial charge in [0.1, 0.15) is 11.5 Å². The molecule has 1 fully saturated rings. The van der Waals surface area contributed by atoms with Crippen LogP contribution in [0.4, 0.5) is 5.00 Å². The predicted molar refractivity (Wildman–Crippen MR) is 141 cm³/mol. The maximum Gasteiger partial charge on any atom is 0.257 e. The van der Waals surface area contributed by atoms with Gasteiger partial charge in [-0.3, -0.25) is 9.59 Å². The van der Waals surface area contributed by atoms with E-state index in [1.165, 1.54) is 27.3 Å². The standard InChI is InChI=1S/C29H33N3O2S/c1-21-10-8-9-13-23(21)27(33)30-28-26(24-14-6-3-7-15-25(24)35-28)29(34)32-18-16-31(17-19-32)20-22-11-4-2-5-12-22/h2,4-5,8-13H,3,6-7,14-20H2,1H3,(H,30,33)/p+1. The van der Waals surface area contributed by atoms with Crippen LogP contribution >= 0.6 is 11.3 Å². The van der Waals surface area contributed by atoms with Crippen LogP contribution in [0.1, 0.15) is 61.5 Å². The number of nitrogens with one attached hydrogen (secondary N) is 2. The van der Waals surface area contributed by atoms with Crippen LogP contribution in [0.15, 0.2) is 54.6 Å². The van der Waals surface area contributed by atoms with Crippen LogP contribution < -0.4 is 10.2 Å². The Morgan fingerprint density at radius 2 is 1.66 bits per heavy atom. The summed E-state index contributed by atoms with van der Waals surface area (Å²) in [6.45, 7) is 6.32. The second-order valence-corrected chi connectivity index (χ2v) is 10.8. The van der Waals surface area contributed by atoms with Gasteiger partial charge >= 0.3 is 0 Å². The molecule has 35 heavy (non-hydrogen) atoms. The highest BCUT2D eigenvalue weighted by molar-refractivity contribution is 7.17. The zero-order chi connectivity index (χ0) is 24.2. The monoisotopic (exact) mass is 488 g/mol. The summed E-state index contributed by atoms with van der Waals surface area (Å²) in [4.78, 5) is 31.8. The van der Waals surface area contributed by atoms with Gasteiger partial charge in [0.25, 0.3) is 11.8 Å². The summed E-state index contributed by atoms with van der Waals surface area (Å²) in [7, 11) is 0. The highest BCUT2D eigenvalue weighted by atomic mass is 32.1. The van der Waals surface area contributed by atoms with Crippen LogP contribution in [0.25, 0.3) is 0 Å². The molecule has 3 aromatic rings. The van der Waals surface area contributed by atoms with E-state index in [1.807, 2.05) is 36.1 Å². The fourth-order valence-electron chi connectivity index (χ4n) is 5.30. The fraction of sp³-hybridized carbons (Fsp3) is 0.379. The maximum absolute atomic E-state index is 13.9. The molecule has 0 radical (unpaired) electrons. The quantitative estimate of drug-likeness (QED) is 0.531. The smallest absolute Gasteiger partial charge is 0.257 e. The van der Waals surface area contributed by atoms with Gasteiger partial charge in [0.2, 0.25) is 0 Å². The third-order valence-corrected chi connectivity index (χ3v) is 8.51. The Bertz CT molecular complexity index is 1200. The maximum atomic E-state index is 13.9. The third kappa shape index (κ3) is 5.34. The molecule has 1 saturated heterocycles. The lowest BCUT2D eigenvalue weighted by atomic mass is 10.0. The minimum atomic E-state index is -0.134. The Kier molecular flexibility index (Phi) is 7.30. The van der Waals surface area contributed by atoms with Gasteiger partial charge in [-0.2, -0.15) is 0 Å². The number of carbonyl (C=O) groups excluding carboxylic acids is 2. The zero-order valence-corrected chi connectivity index (χ0v) is 21.3. The van der Waals surface area contributed by atoms with Gasteiger partial charge in [0, 0.05) is 16.0 Å². The molecule has 2 amide bonds. The van der Waals surface area contributed by atoms with Crippen LogP contribution in [-0.4, -0.2) is 42.9 Å². The molecule has 0 bridgehead atoms. The van der Waals surface area contributed by atoms with Gasteiger partial charge in [-0.05, 0) is 49.8 Å². The second-order valence-electron chi connectivity index (χ2n) is 9.74. The van der Waals surface area contributed by atoms with Crippen LogP contribution in [0.5, 0.6) is 0 Å². The molecule has 5 nitrogen and oxygen atoms in total. The number of amides is 2. The van der Waals surface area contributed by atoms with E-state index < -0.39 is 0 Å². The number of quaternary nitrogens is 1. The van der Waals surface area contributed by atoms with Crippen molar-refractivity contribution in [3.63, 3.8) is 0 Å². The molecule has 0 spiro atoms. The van der Waals surface area contributed by atoms with Gasteiger partial charge < -0.3 is 15.1 Å². The van der Waals surface area contributed by atoms with Crippen molar-refractivity contribution in [1.82, 2.24) is 4.90 Å². The number of hydrogen-bond donors (Lipinski definition) is 2. The summed E-state index contributed by atoms with van der Waals surface area (Å²) in [6.07, 6.45) is 5.36. The molecular formula is C29H34N3O2S+. The molecule has 6 heteroatoms. The Morgan fingerprint density at radius 3 is 2.43 bits per heavy atom. The summed E-state index contributed by atoms with van der Waals surface area (Å²) >= 11 is 1.61. The predicted octanol–water partition coefficient (Wildman–Crippen LogP) is 4.12. The molecule has 1 aliphatic heterocycles. The number of nitrogens with zero attached hydrogens (tertiary/aromatic N) is 1. The van der Waals surface area contributed by atoms with E-state index in [2.05, 4.69) is 35.6 Å². The van der Waals surface area contributed by atoms with E-state index in [1.54, 1.807) is 11.3 Å². The average Bonchev–Trinajstić information content (AvgIpc) is 3.04. The lowest BCUT2D eigenvalue weighted by Crippen LogP contribution is -3.13. The first kappa shape index (κ1) is 23.8. The number of benzene rings is 2. The van der Waals surface area contributed by atoms with Crippen molar-refractivity contribution in [3.05, 3.63) is 87.3 Å². The Hall–Kier alpha value is -2.96. The molecule has 5 rings (SSSR count). The number of hydrogen-bond acceptors (Lipinski definition) is 3. The van der Waals surface area contributed by atoms with E-state index in [-0.39, 0.29) is 11.8 Å². The number of anilines is 1. The van der Waals surface area contributed by atoms with E-state index in [4.69, 9.17) is 0 Å². The van der Waals surface area contributed by atoms with Gasteiger partial charge in [-0.25, -0.2) is 0 Å². The van der Waals surface area contributed by atoms with Crippen molar-refractivity contribution in [2.45, 2.75) is 45.6 Å². The van der Waals surface area contributed by atoms with Gasteiger partial charge in [-0.1, -0.05) is 55.0 Å². The lowest BCUT2D eigenvalue weighted by Gasteiger charge is -2.32. The van der Waals surface area contributed by atoms with Crippen LogP contribution in [0.3, 0.4) is 0 Å². The Labute approximate surface area is 211 Å². The summed E-state index contributed by atoms with van der Waals surface area (Å²) in [6, 6.07) is 18.2. The van der Waals surface area contributed by atoms with Crippen molar-refractivity contribution >= 4 is 28.2 Å². The largest absolute Gasteiger partial charge is 0.328 e. The van der Waals surface area contributed by atoms with Crippen molar-refractivity contribution in [3.8, 4) is 0 Å². The summed E-state index contributed by atoms with van der Waals surface area (Å²) < 4.78 is 0. The number of thiophene rings is 1.